The van der Waals surface area contributed by atoms with Crippen molar-refractivity contribution in [2.75, 3.05) is 0 Å². The third kappa shape index (κ3) is 2.62. The Kier molecular flexibility index (Phi) is 4.19. The van der Waals surface area contributed by atoms with Crippen molar-refractivity contribution < 1.29 is 9.13 Å². The summed E-state index contributed by atoms with van der Waals surface area (Å²) in [5.74, 6) is 1.46. The van der Waals surface area contributed by atoms with Gasteiger partial charge in [-0.3, -0.25) is 0 Å². The molecule has 0 amide bonds. The van der Waals surface area contributed by atoms with Crippen molar-refractivity contribution in [2.45, 2.75) is 5.41 Å². The Hall–Kier alpha value is -5.15. The number of hydrogen-bond donors (Lipinski definition) is 0. The minimum absolute atomic E-state index is 0.248. The summed E-state index contributed by atoms with van der Waals surface area (Å²) in [5, 5.41) is 2.29. The SMILES string of the molecule is Fc1ccc(-n2c3ccccc3c3cc4c(cc32)Oc2ccccc2C42c3ccccc3-c3ccccc32)cc1. The molecule has 2 heterocycles. The topological polar surface area (TPSA) is 14.2 Å². The molecule has 1 spiro atoms. The van der Waals surface area contributed by atoms with Crippen LogP contribution in [0.1, 0.15) is 22.3 Å². The van der Waals surface area contributed by atoms with Crippen LogP contribution in [0.15, 0.2) is 133 Å². The van der Waals surface area contributed by atoms with E-state index in [0.717, 1.165) is 50.1 Å². The number of benzene rings is 6. The van der Waals surface area contributed by atoms with E-state index >= 15 is 0 Å². The number of para-hydroxylation sites is 2. The lowest BCUT2D eigenvalue weighted by Crippen LogP contribution is -2.32. The molecule has 2 aliphatic rings. The molecule has 0 saturated carbocycles. The molecule has 0 N–H and O–H groups in total. The monoisotopic (exact) mass is 515 g/mol. The molecule has 6 aromatic carbocycles. The maximum atomic E-state index is 13.9. The second-order valence-electron chi connectivity index (χ2n) is 10.6. The van der Waals surface area contributed by atoms with E-state index in [9.17, 15) is 4.39 Å². The standard InChI is InChI=1S/C37H22FNO/c38-23-17-19-24(20-18-23)39-33-15-7-3-11-27(33)28-21-32-36(22-34(28)39)40-35-16-8-6-14-31(35)37(32)29-12-4-1-9-25(29)26-10-2-5-13-30(26)37/h1-22H. The highest BCUT2D eigenvalue weighted by Gasteiger charge is 2.51. The maximum Gasteiger partial charge on any atom is 0.134 e. The number of ether oxygens (including phenoxy) is 1. The lowest BCUT2D eigenvalue weighted by atomic mass is 9.66. The van der Waals surface area contributed by atoms with Gasteiger partial charge in [-0.1, -0.05) is 84.9 Å². The zero-order chi connectivity index (χ0) is 26.4. The van der Waals surface area contributed by atoms with Crippen LogP contribution in [0.5, 0.6) is 11.5 Å². The number of rotatable bonds is 1. The maximum absolute atomic E-state index is 13.9. The molecule has 0 fully saturated rings. The highest BCUT2D eigenvalue weighted by molar-refractivity contribution is 6.10. The predicted molar refractivity (Wildman–Crippen MR) is 158 cm³/mol. The van der Waals surface area contributed by atoms with Crippen LogP contribution < -0.4 is 4.74 Å². The molecule has 188 valence electrons. The molecule has 0 unspecified atom stereocenters. The van der Waals surface area contributed by atoms with Gasteiger partial charge in [0.25, 0.3) is 0 Å². The Labute approximate surface area is 230 Å². The first-order valence-corrected chi connectivity index (χ1v) is 13.6. The van der Waals surface area contributed by atoms with Crippen LogP contribution in [-0.2, 0) is 5.41 Å². The molecule has 0 saturated heterocycles. The summed E-state index contributed by atoms with van der Waals surface area (Å²) in [7, 11) is 0. The minimum Gasteiger partial charge on any atom is -0.457 e. The first kappa shape index (κ1) is 21.7. The molecule has 0 atom stereocenters. The van der Waals surface area contributed by atoms with E-state index < -0.39 is 5.41 Å². The van der Waals surface area contributed by atoms with Crippen molar-refractivity contribution in [1.29, 1.82) is 0 Å². The molecule has 2 nitrogen and oxygen atoms in total. The summed E-state index contributed by atoms with van der Waals surface area (Å²) in [5.41, 5.74) is 9.86. The molecule has 0 bridgehead atoms. The first-order chi connectivity index (χ1) is 19.7. The Bertz CT molecular complexity index is 2110. The molecule has 1 aromatic heterocycles. The number of aromatic nitrogens is 1. The van der Waals surface area contributed by atoms with Gasteiger partial charge in [-0.2, -0.15) is 0 Å². The third-order valence-corrected chi connectivity index (χ3v) is 8.73. The summed E-state index contributed by atoms with van der Waals surface area (Å²) in [6.07, 6.45) is 0. The Morgan fingerprint density at radius 1 is 0.500 bits per heavy atom. The Morgan fingerprint density at radius 2 is 1.12 bits per heavy atom. The van der Waals surface area contributed by atoms with E-state index in [0.29, 0.717) is 0 Å². The van der Waals surface area contributed by atoms with E-state index in [-0.39, 0.29) is 5.82 Å². The van der Waals surface area contributed by atoms with Gasteiger partial charge in [0.05, 0.1) is 16.4 Å². The zero-order valence-corrected chi connectivity index (χ0v) is 21.4. The van der Waals surface area contributed by atoms with Crippen LogP contribution in [0, 0.1) is 5.82 Å². The van der Waals surface area contributed by atoms with E-state index in [1.807, 2.05) is 18.2 Å². The van der Waals surface area contributed by atoms with Crippen molar-refractivity contribution in [2.24, 2.45) is 0 Å². The van der Waals surface area contributed by atoms with Crippen LogP contribution >= 0.6 is 0 Å². The average Bonchev–Trinajstić information content (AvgIpc) is 3.48. The van der Waals surface area contributed by atoms with Gasteiger partial charge in [-0.05, 0) is 64.7 Å². The quantitative estimate of drug-likeness (QED) is 0.212. The highest BCUT2D eigenvalue weighted by Crippen LogP contribution is 2.62. The van der Waals surface area contributed by atoms with Gasteiger partial charge in [-0.25, -0.2) is 4.39 Å². The second-order valence-corrected chi connectivity index (χ2v) is 10.6. The largest absolute Gasteiger partial charge is 0.457 e. The highest BCUT2D eigenvalue weighted by atomic mass is 19.1. The van der Waals surface area contributed by atoms with Crippen molar-refractivity contribution in [1.82, 2.24) is 4.57 Å². The van der Waals surface area contributed by atoms with E-state index in [1.165, 1.54) is 34.4 Å². The number of halogens is 1. The smallest absolute Gasteiger partial charge is 0.134 e. The summed E-state index contributed by atoms with van der Waals surface area (Å²) in [6.45, 7) is 0. The fourth-order valence-corrected chi connectivity index (χ4v) is 7.19. The predicted octanol–water partition coefficient (Wildman–Crippen LogP) is 9.39. The molecular formula is C37H22FNO. The lowest BCUT2D eigenvalue weighted by Gasteiger charge is -2.39. The average molecular weight is 516 g/mol. The van der Waals surface area contributed by atoms with Gasteiger partial charge in [-0.15, -0.1) is 0 Å². The van der Waals surface area contributed by atoms with E-state index in [2.05, 4.69) is 108 Å². The molecule has 1 aliphatic heterocycles. The van der Waals surface area contributed by atoms with Gasteiger partial charge < -0.3 is 9.30 Å². The van der Waals surface area contributed by atoms with E-state index in [1.54, 1.807) is 0 Å². The van der Waals surface area contributed by atoms with Crippen LogP contribution in [0.3, 0.4) is 0 Å². The van der Waals surface area contributed by atoms with Crippen LogP contribution in [0.25, 0.3) is 38.6 Å². The van der Waals surface area contributed by atoms with E-state index in [4.69, 9.17) is 4.74 Å². The number of nitrogens with zero attached hydrogens (tertiary/aromatic N) is 1. The summed E-state index contributed by atoms with van der Waals surface area (Å²) >= 11 is 0. The van der Waals surface area contributed by atoms with Gasteiger partial charge in [0.1, 0.15) is 17.3 Å². The molecular weight excluding hydrogens is 493 g/mol. The van der Waals surface area contributed by atoms with Gasteiger partial charge in [0, 0.05) is 33.7 Å². The van der Waals surface area contributed by atoms with Gasteiger partial charge in [0.2, 0.25) is 0 Å². The normalized spacial score (nSPS) is 14.0. The molecule has 1 aliphatic carbocycles. The van der Waals surface area contributed by atoms with Crippen LogP contribution in [-0.4, -0.2) is 4.57 Å². The molecule has 0 radical (unpaired) electrons. The van der Waals surface area contributed by atoms with Gasteiger partial charge >= 0.3 is 0 Å². The van der Waals surface area contributed by atoms with Crippen molar-refractivity contribution in [3.05, 3.63) is 162 Å². The third-order valence-electron chi connectivity index (χ3n) is 8.73. The van der Waals surface area contributed by atoms with Crippen LogP contribution in [0.2, 0.25) is 0 Å². The number of fused-ring (bicyclic) bond motifs is 12. The van der Waals surface area contributed by atoms with Crippen molar-refractivity contribution >= 4 is 21.8 Å². The molecule has 3 heteroatoms. The lowest BCUT2D eigenvalue weighted by molar-refractivity contribution is 0.437. The van der Waals surface area contributed by atoms with Gasteiger partial charge in [0.15, 0.2) is 0 Å². The Balaban J connectivity index is 1.46. The Morgan fingerprint density at radius 3 is 1.88 bits per heavy atom. The second kappa shape index (κ2) is 7.71. The van der Waals surface area contributed by atoms with Crippen molar-refractivity contribution in [3.63, 3.8) is 0 Å². The fourth-order valence-electron chi connectivity index (χ4n) is 7.19. The molecule has 40 heavy (non-hydrogen) atoms. The van der Waals surface area contributed by atoms with Crippen molar-refractivity contribution in [3.8, 4) is 28.3 Å². The zero-order valence-electron chi connectivity index (χ0n) is 21.4. The molecule has 9 rings (SSSR count). The van der Waals surface area contributed by atoms with Crippen LogP contribution in [0.4, 0.5) is 4.39 Å². The minimum atomic E-state index is -0.509. The molecule has 7 aromatic rings. The summed E-state index contributed by atoms with van der Waals surface area (Å²) in [6, 6.07) is 45.6. The first-order valence-electron chi connectivity index (χ1n) is 13.6. The summed E-state index contributed by atoms with van der Waals surface area (Å²) < 4.78 is 22.8. The summed E-state index contributed by atoms with van der Waals surface area (Å²) in [4.78, 5) is 0. The fraction of sp³-hybridized carbons (Fsp3) is 0.0270. The number of hydrogen-bond acceptors (Lipinski definition) is 1.